The van der Waals surface area contributed by atoms with Crippen LogP contribution in [0.3, 0.4) is 0 Å². The summed E-state index contributed by atoms with van der Waals surface area (Å²) in [7, 11) is 1.48. The van der Waals surface area contributed by atoms with Crippen LogP contribution in [0.15, 0.2) is 48.5 Å². The van der Waals surface area contributed by atoms with Gasteiger partial charge in [-0.25, -0.2) is 18.2 Å². The Hall–Kier alpha value is -4.39. The zero-order valence-corrected chi connectivity index (χ0v) is 24.2. The number of nitrogens with zero attached hydrogens (tertiary/aromatic N) is 2. The molecule has 3 atom stereocenters. The molecule has 2 fully saturated rings. The van der Waals surface area contributed by atoms with Crippen molar-refractivity contribution in [2.24, 2.45) is 5.92 Å². The molecule has 44 heavy (non-hydrogen) atoms. The maximum atomic E-state index is 13.4. The van der Waals surface area contributed by atoms with E-state index in [0.717, 1.165) is 0 Å². The van der Waals surface area contributed by atoms with Crippen LogP contribution in [0.5, 0.6) is 11.5 Å². The highest BCUT2D eigenvalue weighted by molar-refractivity contribution is 5.97. The first-order valence-corrected chi connectivity index (χ1v) is 14.2. The van der Waals surface area contributed by atoms with Gasteiger partial charge in [-0.2, -0.15) is 0 Å². The minimum Gasteiger partial charge on any atom is -0.497 e. The average Bonchev–Trinajstić information content (AvgIpc) is 3.38. The molecule has 3 aromatic rings. The zero-order chi connectivity index (χ0) is 31.6. The number of β-amino-alcohol motifs (C(OH)–C–C–N with tert-alkyl or cyclic N) is 1. The van der Waals surface area contributed by atoms with Gasteiger partial charge in [-0.1, -0.05) is 6.07 Å². The topological polar surface area (TPSA) is 130 Å². The van der Waals surface area contributed by atoms with E-state index in [4.69, 9.17) is 9.47 Å². The largest absolute Gasteiger partial charge is 0.497 e. The molecule has 0 bridgehead atoms. The molecule has 0 unspecified atom stereocenters. The van der Waals surface area contributed by atoms with E-state index in [-0.39, 0.29) is 44.0 Å². The van der Waals surface area contributed by atoms with E-state index in [1.807, 2.05) is 0 Å². The molecule has 5 rings (SSSR count). The second-order valence-corrected chi connectivity index (χ2v) is 11.2. The first kappa shape index (κ1) is 31.0. The van der Waals surface area contributed by atoms with Crippen LogP contribution in [0, 0.1) is 11.7 Å². The average molecular weight is 615 g/mol. The summed E-state index contributed by atoms with van der Waals surface area (Å²) in [6.07, 6.45) is -1.42. The summed E-state index contributed by atoms with van der Waals surface area (Å²) in [5, 5.41) is 16.2. The molecule has 2 aromatic carbocycles. The number of halogens is 3. The molecule has 0 radical (unpaired) electrons. The van der Waals surface area contributed by atoms with E-state index in [9.17, 15) is 32.7 Å². The number of nitrogens with one attached hydrogen (secondary N) is 2. The summed E-state index contributed by atoms with van der Waals surface area (Å²) in [6, 6.07) is 10.3. The van der Waals surface area contributed by atoms with Crippen LogP contribution >= 0.6 is 0 Å². The second-order valence-electron chi connectivity index (χ2n) is 11.2. The molecular formula is C31H33F3N4O6. The first-order valence-electron chi connectivity index (χ1n) is 14.2. The third-order valence-corrected chi connectivity index (χ3v) is 7.88. The summed E-state index contributed by atoms with van der Waals surface area (Å²) < 4.78 is 51.1. The minimum atomic E-state index is -2.67. The maximum Gasteiger partial charge on any atom is 0.270 e. The van der Waals surface area contributed by atoms with Crippen LogP contribution in [-0.2, 0) is 9.59 Å². The smallest absolute Gasteiger partial charge is 0.270 e. The number of alkyl halides is 2. The molecule has 10 nitrogen and oxygen atoms in total. The molecule has 1 aromatic heterocycles. The Labute approximate surface area is 251 Å². The highest BCUT2D eigenvalue weighted by Gasteiger charge is 2.45. The number of ether oxygens (including phenoxy) is 2. The highest BCUT2D eigenvalue weighted by Crippen LogP contribution is 2.43. The molecule has 2 heterocycles. The molecule has 1 saturated heterocycles. The molecule has 3 amide bonds. The van der Waals surface area contributed by atoms with Crippen LogP contribution in [0.4, 0.5) is 13.2 Å². The third-order valence-electron chi connectivity index (χ3n) is 7.88. The number of likely N-dealkylation sites (tertiary alicyclic amines) is 1. The predicted octanol–water partition coefficient (Wildman–Crippen LogP) is 3.38. The number of hydrogen-bond acceptors (Lipinski definition) is 7. The number of amides is 3. The van der Waals surface area contributed by atoms with Gasteiger partial charge in [0.1, 0.15) is 29.1 Å². The Morgan fingerprint density at radius 2 is 1.91 bits per heavy atom. The van der Waals surface area contributed by atoms with Crippen molar-refractivity contribution in [3.8, 4) is 11.5 Å². The third kappa shape index (κ3) is 7.04. The zero-order valence-electron chi connectivity index (χ0n) is 24.2. The Morgan fingerprint density at radius 1 is 1.14 bits per heavy atom. The fourth-order valence-electron chi connectivity index (χ4n) is 5.53. The lowest BCUT2D eigenvalue weighted by atomic mass is 9.82. The number of rotatable bonds is 10. The van der Waals surface area contributed by atoms with Gasteiger partial charge in [0.25, 0.3) is 5.91 Å². The van der Waals surface area contributed by atoms with Gasteiger partial charge < -0.3 is 30.1 Å². The van der Waals surface area contributed by atoms with Crippen molar-refractivity contribution < 1.29 is 42.1 Å². The van der Waals surface area contributed by atoms with Gasteiger partial charge in [0.15, 0.2) is 0 Å². The van der Waals surface area contributed by atoms with Crippen LogP contribution < -0.4 is 20.1 Å². The quantitative estimate of drug-likeness (QED) is 0.319. The van der Waals surface area contributed by atoms with Gasteiger partial charge in [-0.15, -0.1) is 0 Å². The molecule has 13 heteroatoms. The van der Waals surface area contributed by atoms with Crippen molar-refractivity contribution in [1.82, 2.24) is 20.5 Å². The van der Waals surface area contributed by atoms with Gasteiger partial charge >= 0.3 is 0 Å². The lowest BCUT2D eigenvalue weighted by Crippen LogP contribution is -2.49. The van der Waals surface area contributed by atoms with Gasteiger partial charge in [0, 0.05) is 48.7 Å². The number of pyridine rings is 1. The number of aromatic nitrogens is 1. The number of carbonyl (C=O) groups excluding carboxylic acids is 3. The number of aliphatic hydroxyl groups is 1. The van der Waals surface area contributed by atoms with E-state index >= 15 is 0 Å². The summed E-state index contributed by atoms with van der Waals surface area (Å²) in [4.78, 5) is 44.5. The van der Waals surface area contributed by atoms with E-state index in [1.54, 1.807) is 31.2 Å². The minimum absolute atomic E-state index is 0.00287. The molecule has 0 spiro atoms. The first-order chi connectivity index (χ1) is 20.9. The van der Waals surface area contributed by atoms with Crippen molar-refractivity contribution in [2.45, 2.75) is 50.3 Å². The molecule has 1 aliphatic heterocycles. The van der Waals surface area contributed by atoms with E-state index in [2.05, 4.69) is 15.6 Å². The molecule has 2 aliphatic rings. The maximum absolute atomic E-state index is 13.4. The van der Waals surface area contributed by atoms with Crippen LogP contribution in [0.25, 0.3) is 10.9 Å². The van der Waals surface area contributed by atoms with Crippen molar-refractivity contribution in [3.05, 3.63) is 65.6 Å². The normalized spacial score (nSPS) is 20.1. The van der Waals surface area contributed by atoms with Gasteiger partial charge in [0.2, 0.25) is 17.7 Å². The lowest BCUT2D eigenvalue weighted by molar-refractivity contribution is -0.138. The van der Waals surface area contributed by atoms with E-state index in [1.165, 1.54) is 36.3 Å². The second kappa shape index (κ2) is 12.7. The number of benzene rings is 2. The SMILES string of the molecule is COc1ccc([C@H](C)NC(=O)[C@@H]2C[C@@H](O)CN2C(=O)CNC(=O)c2ccc3cc(F)ccc3n2)c(OCC2CC(F)(F)C2)c1. The highest BCUT2D eigenvalue weighted by atomic mass is 19.3. The Morgan fingerprint density at radius 3 is 2.64 bits per heavy atom. The monoisotopic (exact) mass is 614 g/mol. The Balaban J connectivity index is 1.20. The van der Waals surface area contributed by atoms with E-state index in [0.29, 0.717) is 28.0 Å². The number of carbonyl (C=O) groups is 3. The molecule has 3 N–H and O–H groups in total. The molecule has 234 valence electrons. The fraction of sp³-hybridized carbons (Fsp3) is 0.419. The fourth-order valence-corrected chi connectivity index (χ4v) is 5.53. The van der Waals surface area contributed by atoms with Crippen molar-refractivity contribution in [2.75, 3.05) is 26.8 Å². The van der Waals surface area contributed by atoms with Crippen LogP contribution in [0.2, 0.25) is 0 Å². The van der Waals surface area contributed by atoms with Gasteiger partial charge in [-0.05, 0) is 43.3 Å². The van der Waals surface area contributed by atoms with Gasteiger partial charge in [0.05, 0.1) is 37.9 Å². The number of aliphatic hydroxyl groups excluding tert-OH is 1. The lowest BCUT2D eigenvalue weighted by Gasteiger charge is -2.34. The number of methoxy groups -OCH3 is 1. The van der Waals surface area contributed by atoms with Crippen molar-refractivity contribution in [1.29, 1.82) is 0 Å². The summed E-state index contributed by atoms with van der Waals surface area (Å²) >= 11 is 0. The van der Waals surface area contributed by atoms with Crippen molar-refractivity contribution >= 4 is 28.6 Å². The summed E-state index contributed by atoms with van der Waals surface area (Å²) in [5.41, 5.74) is 1.03. The summed E-state index contributed by atoms with van der Waals surface area (Å²) in [5.74, 6) is -4.23. The van der Waals surface area contributed by atoms with Gasteiger partial charge in [-0.3, -0.25) is 14.4 Å². The Bertz CT molecular complexity index is 1560. The molecular weight excluding hydrogens is 581 g/mol. The number of fused-ring (bicyclic) bond motifs is 1. The Kier molecular flexibility index (Phi) is 8.95. The van der Waals surface area contributed by atoms with Crippen LogP contribution in [-0.4, -0.2) is 77.6 Å². The van der Waals surface area contributed by atoms with E-state index < -0.39 is 54.2 Å². The summed E-state index contributed by atoms with van der Waals surface area (Å²) in [6.45, 7) is 1.27. The molecule has 1 saturated carbocycles. The number of hydrogen-bond donors (Lipinski definition) is 3. The molecule has 1 aliphatic carbocycles. The van der Waals surface area contributed by atoms with Crippen LogP contribution in [0.1, 0.15) is 48.3 Å². The van der Waals surface area contributed by atoms with Crippen molar-refractivity contribution in [3.63, 3.8) is 0 Å². The standard InChI is InChI=1S/C31H33F3N4O6/c1-17(23-6-5-22(43-2)11-27(23)44-16-18-12-31(33,34)13-18)36-30(42)26-10-21(39)15-38(26)28(40)14-35-29(41)25-7-3-19-9-20(32)4-8-24(19)37-25/h3-9,11,17-18,21,26,39H,10,12-16H2,1-2H3,(H,35,41)(H,36,42)/t17-,21+,26-/m0/s1. The predicted molar refractivity (Wildman–Crippen MR) is 153 cm³/mol.